The van der Waals surface area contributed by atoms with Gasteiger partial charge in [-0.2, -0.15) is 0 Å². The Labute approximate surface area is 141 Å². The Balaban J connectivity index is 2.14. The number of halogens is 1. The SMILES string of the molecule is CCCN(CCC)c1ccc(NS(=O)(=O)c2ccc(F)cc2)nn1. The summed E-state index contributed by atoms with van der Waals surface area (Å²) in [6.07, 6.45) is 1.97. The Kier molecular flexibility index (Phi) is 6.08. The molecule has 24 heavy (non-hydrogen) atoms. The van der Waals surface area contributed by atoms with Crippen molar-refractivity contribution in [3.05, 3.63) is 42.2 Å². The maximum absolute atomic E-state index is 12.9. The maximum Gasteiger partial charge on any atom is 0.263 e. The largest absolute Gasteiger partial charge is 0.355 e. The van der Waals surface area contributed by atoms with Crippen LogP contribution < -0.4 is 9.62 Å². The molecule has 1 N–H and O–H groups in total. The highest BCUT2D eigenvalue weighted by atomic mass is 32.2. The lowest BCUT2D eigenvalue weighted by atomic mass is 10.3. The molecule has 0 aliphatic rings. The number of nitrogens with one attached hydrogen (secondary N) is 1. The number of rotatable bonds is 8. The third-order valence-electron chi connectivity index (χ3n) is 3.32. The molecule has 1 heterocycles. The van der Waals surface area contributed by atoms with Crippen molar-refractivity contribution in [2.75, 3.05) is 22.7 Å². The highest BCUT2D eigenvalue weighted by Gasteiger charge is 2.15. The first kappa shape index (κ1) is 18.1. The van der Waals surface area contributed by atoms with Crippen LogP contribution in [-0.2, 0) is 10.0 Å². The van der Waals surface area contributed by atoms with E-state index < -0.39 is 15.8 Å². The summed E-state index contributed by atoms with van der Waals surface area (Å²) in [5.41, 5.74) is 0. The van der Waals surface area contributed by atoms with Gasteiger partial charge in [0.1, 0.15) is 5.82 Å². The van der Waals surface area contributed by atoms with Gasteiger partial charge in [0.05, 0.1) is 4.90 Å². The Morgan fingerprint density at radius 3 is 2.12 bits per heavy atom. The fourth-order valence-corrected chi connectivity index (χ4v) is 3.24. The molecule has 0 aliphatic carbocycles. The molecule has 0 bridgehead atoms. The molecule has 0 saturated heterocycles. The van der Waals surface area contributed by atoms with Gasteiger partial charge in [-0.15, -0.1) is 10.2 Å². The van der Waals surface area contributed by atoms with Gasteiger partial charge in [0.25, 0.3) is 10.0 Å². The minimum Gasteiger partial charge on any atom is -0.355 e. The summed E-state index contributed by atoms with van der Waals surface area (Å²) in [6, 6.07) is 7.89. The average molecular weight is 352 g/mol. The smallest absolute Gasteiger partial charge is 0.263 e. The highest BCUT2D eigenvalue weighted by molar-refractivity contribution is 7.92. The molecule has 1 aromatic heterocycles. The lowest BCUT2D eigenvalue weighted by Crippen LogP contribution is -2.26. The fraction of sp³-hybridized carbons (Fsp3) is 0.375. The molecule has 2 rings (SSSR count). The summed E-state index contributed by atoms with van der Waals surface area (Å²) in [4.78, 5) is 2.07. The summed E-state index contributed by atoms with van der Waals surface area (Å²) in [5.74, 6) is 0.337. The monoisotopic (exact) mass is 352 g/mol. The molecule has 0 unspecified atom stereocenters. The summed E-state index contributed by atoms with van der Waals surface area (Å²) in [7, 11) is -3.82. The van der Waals surface area contributed by atoms with Crippen LogP contribution >= 0.6 is 0 Å². The third-order valence-corrected chi connectivity index (χ3v) is 4.70. The van der Waals surface area contributed by atoms with Gasteiger partial charge in [0, 0.05) is 13.1 Å². The lowest BCUT2D eigenvalue weighted by Gasteiger charge is -2.21. The van der Waals surface area contributed by atoms with Crippen LogP contribution in [-0.4, -0.2) is 31.7 Å². The second kappa shape index (κ2) is 8.05. The van der Waals surface area contributed by atoms with E-state index in [0.29, 0.717) is 5.82 Å². The van der Waals surface area contributed by atoms with Crippen LogP contribution in [0, 0.1) is 5.82 Å². The molecule has 0 fully saturated rings. The van der Waals surface area contributed by atoms with Crippen LogP contribution in [0.25, 0.3) is 0 Å². The van der Waals surface area contributed by atoms with Crippen molar-refractivity contribution in [2.45, 2.75) is 31.6 Å². The predicted molar refractivity (Wildman–Crippen MR) is 92.0 cm³/mol. The standard InChI is InChI=1S/C16H21FN4O2S/c1-3-11-21(12-4-2)16-10-9-15(18-19-16)20-24(22,23)14-7-5-13(17)6-8-14/h5-10H,3-4,11-12H2,1-2H3,(H,18,20). The van der Waals surface area contributed by atoms with Crippen molar-refractivity contribution < 1.29 is 12.8 Å². The first-order chi connectivity index (χ1) is 11.5. The van der Waals surface area contributed by atoms with E-state index in [0.717, 1.165) is 38.1 Å². The van der Waals surface area contributed by atoms with Crippen molar-refractivity contribution >= 4 is 21.7 Å². The molecule has 6 nitrogen and oxygen atoms in total. The molecule has 0 spiro atoms. The Morgan fingerprint density at radius 1 is 1.00 bits per heavy atom. The van der Waals surface area contributed by atoms with Gasteiger partial charge in [0.15, 0.2) is 11.6 Å². The number of aromatic nitrogens is 2. The van der Waals surface area contributed by atoms with Crippen molar-refractivity contribution in [3.8, 4) is 0 Å². The second-order valence-electron chi connectivity index (χ2n) is 5.32. The zero-order valence-electron chi connectivity index (χ0n) is 13.7. The quantitative estimate of drug-likeness (QED) is 0.790. The van der Waals surface area contributed by atoms with Gasteiger partial charge in [-0.1, -0.05) is 13.8 Å². The average Bonchev–Trinajstić information content (AvgIpc) is 2.55. The zero-order valence-corrected chi connectivity index (χ0v) is 14.6. The molecule has 0 radical (unpaired) electrons. The number of sulfonamides is 1. The van der Waals surface area contributed by atoms with Crippen LogP contribution in [0.4, 0.5) is 16.0 Å². The minimum absolute atomic E-state index is 0.0339. The van der Waals surface area contributed by atoms with Crippen LogP contribution in [0.2, 0.25) is 0 Å². The van der Waals surface area contributed by atoms with Crippen molar-refractivity contribution in [1.29, 1.82) is 0 Å². The molecule has 0 amide bonds. The van der Waals surface area contributed by atoms with E-state index in [9.17, 15) is 12.8 Å². The van der Waals surface area contributed by atoms with Crippen LogP contribution in [0.5, 0.6) is 0 Å². The summed E-state index contributed by atoms with van der Waals surface area (Å²) in [6.45, 7) is 5.90. The topological polar surface area (TPSA) is 75.2 Å². The highest BCUT2D eigenvalue weighted by Crippen LogP contribution is 2.17. The summed E-state index contributed by atoms with van der Waals surface area (Å²) in [5, 5.41) is 8.03. The summed E-state index contributed by atoms with van der Waals surface area (Å²) < 4.78 is 39.7. The maximum atomic E-state index is 12.9. The number of hydrogen-bond donors (Lipinski definition) is 1. The van der Waals surface area contributed by atoms with E-state index >= 15 is 0 Å². The van der Waals surface area contributed by atoms with Gasteiger partial charge in [-0.05, 0) is 49.2 Å². The zero-order chi connectivity index (χ0) is 17.6. The van der Waals surface area contributed by atoms with Crippen molar-refractivity contribution in [2.24, 2.45) is 0 Å². The molecule has 8 heteroatoms. The number of hydrogen-bond acceptors (Lipinski definition) is 5. The van der Waals surface area contributed by atoms with E-state index in [1.807, 2.05) is 0 Å². The van der Waals surface area contributed by atoms with Gasteiger partial charge >= 0.3 is 0 Å². The van der Waals surface area contributed by atoms with Crippen molar-refractivity contribution in [3.63, 3.8) is 0 Å². The molecule has 2 aromatic rings. The van der Waals surface area contributed by atoms with Crippen LogP contribution in [0.15, 0.2) is 41.3 Å². The third kappa shape index (κ3) is 4.64. The fourth-order valence-electron chi connectivity index (χ4n) is 2.24. The molecule has 0 saturated carbocycles. The normalized spacial score (nSPS) is 11.3. The first-order valence-corrected chi connectivity index (χ1v) is 9.31. The molecule has 1 aromatic carbocycles. The van der Waals surface area contributed by atoms with Crippen molar-refractivity contribution in [1.82, 2.24) is 10.2 Å². The van der Waals surface area contributed by atoms with E-state index in [-0.39, 0.29) is 10.7 Å². The van der Waals surface area contributed by atoms with E-state index in [1.165, 1.54) is 12.1 Å². The molecule has 0 atom stereocenters. The lowest BCUT2D eigenvalue weighted by molar-refractivity contribution is 0.599. The second-order valence-corrected chi connectivity index (χ2v) is 7.01. The predicted octanol–water partition coefficient (Wildman–Crippen LogP) is 3.04. The van der Waals surface area contributed by atoms with Crippen LogP contribution in [0.1, 0.15) is 26.7 Å². The number of benzene rings is 1. The molecular formula is C16H21FN4O2S. The Morgan fingerprint density at radius 2 is 1.62 bits per heavy atom. The molecule has 130 valence electrons. The number of nitrogens with zero attached hydrogens (tertiary/aromatic N) is 3. The van der Waals surface area contributed by atoms with Gasteiger partial charge in [0.2, 0.25) is 0 Å². The Hall–Kier alpha value is -2.22. The van der Waals surface area contributed by atoms with E-state index in [2.05, 4.69) is 33.7 Å². The van der Waals surface area contributed by atoms with E-state index in [4.69, 9.17) is 0 Å². The van der Waals surface area contributed by atoms with Gasteiger partial charge in [-0.25, -0.2) is 12.8 Å². The molecular weight excluding hydrogens is 331 g/mol. The van der Waals surface area contributed by atoms with E-state index in [1.54, 1.807) is 12.1 Å². The first-order valence-electron chi connectivity index (χ1n) is 7.83. The summed E-state index contributed by atoms with van der Waals surface area (Å²) >= 11 is 0. The molecule has 0 aliphatic heterocycles. The minimum atomic E-state index is -3.82. The Bertz CT molecular complexity index is 743. The van der Waals surface area contributed by atoms with Gasteiger partial charge in [-0.3, -0.25) is 4.72 Å². The number of anilines is 2. The van der Waals surface area contributed by atoms with Gasteiger partial charge < -0.3 is 4.90 Å². The van der Waals surface area contributed by atoms with Crippen LogP contribution in [0.3, 0.4) is 0 Å².